The summed E-state index contributed by atoms with van der Waals surface area (Å²) in [7, 11) is 1.39. The van der Waals surface area contributed by atoms with Gasteiger partial charge in [-0.05, 0) is 42.7 Å². The number of nitrogens with zero attached hydrogens (tertiary/aromatic N) is 2. The summed E-state index contributed by atoms with van der Waals surface area (Å²) in [6, 6.07) is 11.8. The highest BCUT2D eigenvalue weighted by Crippen LogP contribution is 2.31. The van der Waals surface area contributed by atoms with Gasteiger partial charge in [-0.15, -0.1) is 0 Å². The number of fused-ring (bicyclic) bond motifs is 1. The van der Waals surface area contributed by atoms with Gasteiger partial charge in [0.05, 0.1) is 29.9 Å². The fourth-order valence-corrected chi connectivity index (χ4v) is 3.53. The van der Waals surface area contributed by atoms with Gasteiger partial charge in [-0.2, -0.15) is 17.0 Å². The number of amides is 2. The van der Waals surface area contributed by atoms with Gasteiger partial charge in [0.2, 0.25) is 0 Å². The second-order valence-corrected chi connectivity index (χ2v) is 7.21. The standard InChI is InChI=1S/C21H18N2O5S/c1-27-18-11-13(12-22)7-8-17(18)28-21(26)16(9-10-29-2)23-19(24)14-5-3-4-6-15(14)20(23)25/h3-8,11,16H,9-10H2,1-2H3/t16-/m0/s1. The molecular formula is C21H18N2O5S. The number of carbonyl (C=O) groups excluding carboxylic acids is 3. The van der Waals surface area contributed by atoms with E-state index >= 15 is 0 Å². The molecule has 7 nitrogen and oxygen atoms in total. The predicted molar refractivity (Wildman–Crippen MR) is 107 cm³/mol. The van der Waals surface area contributed by atoms with E-state index in [2.05, 4.69) is 0 Å². The molecule has 0 N–H and O–H groups in total. The highest BCUT2D eigenvalue weighted by atomic mass is 32.2. The van der Waals surface area contributed by atoms with Gasteiger partial charge in [-0.3, -0.25) is 14.5 Å². The van der Waals surface area contributed by atoms with E-state index in [-0.39, 0.29) is 29.0 Å². The summed E-state index contributed by atoms with van der Waals surface area (Å²) in [5.74, 6) is -0.888. The van der Waals surface area contributed by atoms with Crippen LogP contribution < -0.4 is 9.47 Å². The lowest BCUT2D eigenvalue weighted by Crippen LogP contribution is -2.47. The fourth-order valence-electron chi connectivity index (χ4n) is 3.07. The highest BCUT2D eigenvalue weighted by Gasteiger charge is 2.43. The van der Waals surface area contributed by atoms with Crippen molar-refractivity contribution >= 4 is 29.5 Å². The van der Waals surface area contributed by atoms with Crippen molar-refractivity contribution in [2.45, 2.75) is 12.5 Å². The van der Waals surface area contributed by atoms with E-state index in [1.54, 1.807) is 24.3 Å². The van der Waals surface area contributed by atoms with Crippen molar-refractivity contribution in [3.63, 3.8) is 0 Å². The minimum Gasteiger partial charge on any atom is -0.493 e. The zero-order valence-corrected chi connectivity index (χ0v) is 16.7. The van der Waals surface area contributed by atoms with Crippen LogP contribution in [0.25, 0.3) is 0 Å². The summed E-state index contributed by atoms with van der Waals surface area (Å²) in [5, 5.41) is 9.01. The smallest absolute Gasteiger partial charge is 0.334 e. The maximum Gasteiger partial charge on any atom is 0.334 e. The third-order valence-electron chi connectivity index (χ3n) is 4.51. The average molecular weight is 410 g/mol. The molecule has 0 aromatic heterocycles. The average Bonchev–Trinajstić information content (AvgIpc) is 2.99. The summed E-state index contributed by atoms with van der Waals surface area (Å²) in [6.07, 6.45) is 2.12. The summed E-state index contributed by atoms with van der Waals surface area (Å²) in [6.45, 7) is 0. The number of hydrogen-bond donors (Lipinski definition) is 0. The van der Waals surface area contributed by atoms with Gasteiger partial charge in [-0.1, -0.05) is 12.1 Å². The van der Waals surface area contributed by atoms with Gasteiger partial charge in [0.1, 0.15) is 6.04 Å². The maximum absolute atomic E-state index is 13.0. The van der Waals surface area contributed by atoms with Crippen LogP contribution in [0.15, 0.2) is 42.5 Å². The molecule has 0 fully saturated rings. The van der Waals surface area contributed by atoms with Gasteiger partial charge in [0.25, 0.3) is 11.8 Å². The van der Waals surface area contributed by atoms with Crippen LogP contribution in [0.3, 0.4) is 0 Å². The quantitative estimate of drug-likeness (QED) is 0.393. The number of esters is 1. The molecule has 1 aliphatic heterocycles. The molecule has 29 heavy (non-hydrogen) atoms. The van der Waals surface area contributed by atoms with Crippen molar-refractivity contribution in [3.8, 4) is 17.6 Å². The molecular weight excluding hydrogens is 392 g/mol. The molecule has 0 saturated carbocycles. The Bertz CT molecular complexity index is 979. The Morgan fingerprint density at radius 2 is 1.79 bits per heavy atom. The summed E-state index contributed by atoms with van der Waals surface area (Å²) >= 11 is 1.49. The number of nitriles is 1. The van der Waals surface area contributed by atoms with Crippen molar-refractivity contribution in [2.75, 3.05) is 19.1 Å². The van der Waals surface area contributed by atoms with Crippen LogP contribution in [0.2, 0.25) is 0 Å². The van der Waals surface area contributed by atoms with Crippen LogP contribution in [0.5, 0.6) is 11.5 Å². The SMILES string of the molecule is COc1cc(C#N)ccc1OC(=O)[C@H](CCSC)N1C(=O)c2ccccc2C1=O. The van der Waals surface area contributed by atoms with Crippen molar-refractivity contribution in [3.05, 3.63) is 59.2 Å². The highest BCUT2D eigenvalue weighted by molar-refractivity contribution is 7.98. The van der Waals surface area contributed by atoms with Crippen LogP contribution in [0.1, 0.15) is 32.7 Å². The molecule has 0 spiro atoms. The van der Waals surface area contributed by atoms with Gasteiger partial charge in [0, 0.05) is 6.07 Å². The number of rotatable bonds is 7. The first-order valence-electron chi connectivity index (χ1n) is 8.77. The molecule has 1 atom stereocenters. The molecule has 0 saturated heterocycles. The van der Waals surface area contributed by atoms with Crippen LogP contribution in [0, 0.1) is 11.3 Å². The normalized spacial score (nSPS) is 13.6. The molecule has 2 amide bonds. The molecule has 2 aromatic rings. The minimum atomic E-state index is -1.07. The molecule has 1 heterocycles. The van der Waals surface area contributed by atoms with E-state index in [1.807, 2.05) is 12.3 Å². The molecule has 2 aromatic carbocycles. The van der Waals surface area contributed by atoms with Crippen LogP contribution >= 0.6 is 11.8 Å². The minimum absolute atomic E-state index is 0.113. The molecule has 0 radical (unpaired) electrons. The molecule has 148 valence electrons. The Morgan fingerprint density at radius 1 is 1.14 bits per heavy atom. The second-order valence-electron chi connectivity index (χ2n) is 6.22. The van der Waals surface area contributed by atoms with Crippen LogP contribution in [-0.2, 0) is 4.79 Å². The lowest BCUT2D eigenvalue weighted by atomic mass is 10.1. The van der Waals surface area contributed by atoms with E-state index in [1.165, 1.54) is 37.1 Å². The van der Waals surface area contributed by atoms with Crippen molar-refractivity contribution in [2.24, 2.45) is 0 Å². The number of imide groups is 1. The van der Waals surface area contributed by atoms with E-state index in [0.29, 0.717) is 11.3 Å². The van der Waals surface area contributed by atoms with Crippen molar-refractivity contribution < 1.29 is 23.9 Å². The molecule has 0 unspecified atom stereocenters. The number of carbonyl (C=O) groups is 3. The molecule has 0 bridgehead atoms. The summed E-state index contributed by atoms with van der Waals surface area (Å²) < 4.78 is 10.7. The lowest BCUT2D eigenvalue weighted by molar-refractivity contribution is -0.139. The number of thioether (sulfide) groups is 1. The third kappa shape index (κ3) is 3.96. The van der Waals surface area contributed by atoms with Crippen molar-refractivity contribution in [1.29, 1.82) is 5.26 Å². The van der Waals surface area contributed by atoms with Crippen LogP contribution in [0.4, 0.5) is 0 Å². The summed E-state index contributed by atoms with van der Waals surface area (Å²) in [5.41, 5.74) is 0.895. The van der Waals surface area contributed by atoms with Gasteiger partial charge < -0.3 is 9.47 Å². The fraction of sp³-hybridized carbons (Fsp3) is 0.238. The number of methoxy groups -OCH3 is 1. The largest absolute Gasteiger partial charge is 0.493 e. The first-order chi connectivity index (χ1) is 14.0. The Balaban J connectivity index is 1.90. The van der Waals surface area contributed by atoms with Gasteiger partial charge in [-0.25, -0.2) is 4.79 Å². The molecule has 3 rings (SSSR count). The van der Waals surface area contributed by atoms with Gasteiger partial charge in [0.15, 0.2) is 11.5 Å². The molecule has 1 aliphatic rings. The molecule has 0 aliphatic carbocycles. The van der Waals surface area contributed by atoms with E-state index in [0.717, 1.165) is 4.90 Å². The predicted octanol–water partition coefficient (Wildman–Crippen LogP) is 2.89. The summed E-state index contributed by atoms with van der Waals surface area (Å²) in [4.78, 5) is 39.6. The monoisotopic (exact) mass is 410 g/mol. The topological polar surface area (TPSA) is 96.7 Å². The van der Waals surface area contributed by atoms with Crippen LogP contribution in [-0.4, -0.2) is 47.8 Å². The number of benzene rings is 2. The Morgan fingerprint density at radius 3 is 2.34 bits per heavy atom. The van der Waals surface area contributed by atoms with Crippen molar-refractivity contribution in [1.82, 2.24) is 4.90 Å². The first kappa shape index (κ1) is 20.4. The first-order valence-corrected chi connectivity index (χ1v) is 10.2. The zero-order valence-electron chi connectivity index (χ0n) is 15.9. The van der Waals surface area contributed by atoms with Gasteiger partial charge >= 0.3 is 5.97 Å². The number of hydrogen-bond acceptors (Lipinski definition) is 7. The van der Waals surface area contributed by atoms with E-state index in [9.17, 15) is 14.4 Å². The Hall–Kier alpha value is -3.31. The molecule has 8 heteroatoms. The maximum atomic E-state index is 13.0. The Kier molecular flexibility index (Phi) is 6.20. The lowest BCUT2D eigenvalue weighted by Gasteiger charge is -2.24. The number of ether oxygens (including phenoxy) is 2. The second kappa shape index (κ2) is 8.80. The third-order valence-corrected chi connectivity index (χ3v) is 5.15. The van der Waals surface area contributed by atoms with E-state index in [4.69, 9.17) is 14.7 Å². The van der Waals surface area contributed by atoms with E-state index < -0.39 is 23.8 Å². The zero-order chi connectivity index (χ0) is 21.0. The Labute approximate surface area is 172 Å².